The summed E-state index contributed by atoms with van der Waals surface area (Å²) in [5.41, 5.74) is 0.962. The van der Waals surface area contributed by atoms with Crippen LogP contribution in [-0.2, 0) is 17.6 Å². The van der Waals surface area contributed by atoms with E-state index in [0.717, 1.165) is 22.7 Å². The predicted molar refractivity (Wildman–Crippen MR) is 124 cm³/mol. The molecule has 3 rings (SSSR count). The second-order valence-corrected chi connectivity index (χ2v) is 15.3. The number of anilines is 1. The standard InChI is InChI=1S/C22H27F3N4O2SSi/c1-13-17(11-31-33(5,6)22(2,3)4)27-21(32-13)20(30)28-18-10-29(12-26-18)9-14-7-15(23)19(25)16(24)8-14/h7-8,10,12H,9,11H2,1-6H3,(H,28,30). The van der Waals surface area contributed by atoms with E-state index in [4.69, 9.17) is 4.43 Å². The van der Waals surface area contributed by atoms with Crippen LogP contribution in [0.5, 0.6) is 0 Å². The minimum absolute atomic E-state index is 0.0578. The molecule has 0 aliphatic rings. The van der Waals surface area contributed by atoms with E-state index in [0.29, 0.717) is 11.6 Å². The summed E-state index contributed by atoms with van der Waals surface area (Å²) in [4.78, 5) is 22.1. The molecule has 0 bridgehead atoms. The van der Waals surface area contributed by atoms with Crippen molar-refractivity contribution in [1.29, 1.82) is 0 Å². The zero-order valence-electron chi connectivity index (χ0n) is 19.4. The van der Waals surface area contributed by atoms with Gasteiger partial charge in [-0.05, 0) is 42.8 Å². The predicted octanol–water partition coefficient (Wildman–Crippen LogP) is 5.89. The van der Waals surface area contributed by atoms with E-state index in [1.807, 2.05) is 6.92 Å². The van der Waals surface area contributed by atoms with Gasteiger partial charge < -0.3 is 14.3 Å². The lowest BCUT2D eigenvalue weighted by Crippen LogP contribution is -2.40. The van der Waals surface area contributed by atoms with E-state index >= 15 is 0 Å². The second kappa shape index (κ2) is 9.39. The summed E-state index contributed by atoms with van der Waals surface area (Å²) in [5, 5.41) is 3.03. The number of benzene rings is 1. The van der Waals surface area contributed by atoms with Crippen molar-refractivity contribution >= 4 is 31.4 Å². The maximum atomic E-state index is 13.4. The average Bonchev–Trinajstić information content (AvgIpc) is 3.29. The number of nitrogens with zero attached hydrogens (tertiary/aromatic N) is 3. The number of amides is 1. The fraction of sp³-hybridized carbons (Fsp3) is 0.409. The topological polar surface area (TPSA) is 69.0 Å². The van der Waals surface area contributed by atoms with E-state index in [-0.39, 0.29) is 23.0 Å². The first-order chi connectivity index (χ1) is 15.3. The van der Waals surface area contributed by atoms with Crippen molar-refractivity contribution in [3.8, 4) is 0 Å². The number of imidazole rings is 1. The molecule has 2 aromatic heterocycles. The first kappa shape index (κ1) is 25.1. The molecule has 178 valence electrons. The Labute approximate surface area is 196 Å². The zero-order valence-corrected chi connectivity index (χ0v) is 21.2. The quantitative estimate of drug-likeness (QED) is 0.327. The zero-order chi connectivity index (χ0) is 24.6. The summed E-state index contributed by atoms with van der Waals surface area (Å²) in [6.45, 7) is 13.1. The highest BCUT2D eigenvalue weighted by atomic mass is 32.1. The molecule has 0 fully saturated rings. The Hall–Kier alpha value is -2.50. The van der Waals surface area contributed by atoms with E-state index in [1.54, 1.807) is 0 Å². The summed E-state index contributed by atoms with van der Waals surface area (Å²) in [6.07, 6.45) is 2.92. The number of halogens is 3. The van der Waals surface area contributed by atoms with Crippen LogP contribution in [0, 0.1) is 24.4 Å². The van der Waals surface area contributed by atoms with E-state index in [9.17, 15) is 18.0 Å². The normalized spacial score (nSPS) is 12.3. The molecule has 0 atom stereocenters. The third kappa shape index (κ3) is 5.90. The lowest BCUT2D eigenvalue weighted by atomic mass is 10.2. The number of hydrogen-bond donors (Lipinski definition) is 1. The molecule has 1 amide bonds. The number of thiazole rings is 1. The number of aromatic nitrogens is 3. The van der Waals surface area contributed by atoms with Crippen molar-refractivity contribution in [2.75, 3.05) is 5.32 Å². The van der Waals surface area contributed by atoms with Gasteiger partial charge in [0.1, 0.15) is 0 Å². The Morgan fingerprint density at radius 3 is 2.45 bits per heavy atom. The fourth-order valence-corrected chi connectivity index (χ4v) is 4.46. The maximum Gasteiger partial charge on any atom is 0.285 e. The Balaban J connectivity index is 1.64. The van der Waals surface area contributed by atoms with Crippen LogP contribution in [0.1, 0.15) is 46.7 Å². The molecule has 0 aliphatic heterocycles. The summed E-state index contributed by atoms with van der Waals surface area (Å²) in [7, 11) is -1.95. The van der Waals surface area contributed by atoms with Crippen LogP contribution < -0.4 is 5.32 Å². The highest BCUT2D eigenvalue weighted by Gasteiger charge is 2.37. The molecule has 1 N–H and O–H groups in total. The third-order valence-corrected chi connectivity index (χ3v) is 11.2. The number of carbonyl (C=O) groups excluding carboxylic acids is 1. The molecule has 11 heteroatoms. The van der Waals surface area contributed by atoms with Crippen molar-refractivity contribution in [3.63, 3.8) is 0 Å². The molecule has 2 heterocycles. The lowest BCUT2D eigenvalue weighted by molar-refractivity contribution is 0.102. The van der Waals surface area contributed by atoms with Crippen molar-refractivity contribution in [2.24, 2.45) is 0 Å². The Morgan fingerprint density at radius 2 is 1.85 bits per heavy atom. The van der Waals surface area contributed by atoms with Crippen LogP contribution in [0.4, 0.5) is 19.0 Å². The lowest BCUT2D eigenvalue weighted by Gasteiger charge is -2.36. The Kier molecular flexibility index (Phi) is 7.15. The van der Waals surface area contributed by atoms with Gasteiger partial charge in [-0.25, -0.2) is 23.1 Å². The van der Waals surface area contributed by atoms with Gasteiger partial charge in [0, 0.05) is 17.6 Å². The van der Waals surface area contributed by atoms with Gasteiger partial charge in [-0.1, -0.05) is 20.8 Å². The first-order valence-electron chi connectivity index (χ1n) is 10.3. The van der Waals surface area contributed by atoms with Crippen LogP contribution in [0.25, 0.3) is 0 Å². The molecular weight excluding hydrogens is 469 g/mol. The number of aryl methyl sites for hydroxylation is 1. The van der Waals surface area contributed by atoms with Gasteiger partial charge in [0.05, 0.1) is 18.6 Å². The molecule has 3 aromatic rings. The molecule has 0 aliphatic carbocycles. The molecule has 1 aromatic carbocycles. The van der Waals surface area contributed by atoms with E-state index in [2.05, 4.69) is 49.1 Å². The minimum atomic E-state index is -1.95. The van der Waals surface area contributed by atoms with Gasteiger partial charge in [0.15, 0.2) is 36.6 Å². The summed E-state index contributed by atoms with van der Waals surface area (Å²) >= 11 is 1.27. The van der Waals surface area contributed by atoms with Crippen LogP contribution >= 0.6 is 11.3 Å². The maximum absolute atomic E-state index is 13.4. The van der Waals surface area contributed by atoms with E-state index < -0.39 is 31.7 Å². The van der Waals surface area contributed by atoms with Gasteiger partial charge in [-0.2, -0.15) is 0 Å². The molecule has 0 saturated heterocycles. The number of nitrogens with one attached hydrogen (secondary N) is 1. The van der Waals surface area contributed by atoms with Gasteiger partial charge in [0.25, 0.3) is 5.91 Å². The van der Waals surface area contributed by atoms with Crippen molar-refractivity contribution in [3.05, 3.63) is 63.3 Å². The first-order valence-corrected chi connectivity index (χ1v) is 14.1. The molecule has 0 unspecified atom stereocenters. The Morgan fingerprint density at radius 1 is 1.21 bits per heavy atom. The molecule has 33 heavy (non-hydrogen) atoms. The van der Waals surface area contributed by atoms with Gasteiger partial charge in [0.2, 0.25) is 0 Å². The third-order valence-electron chi connectivity index (χ3n) is 5.75. The molecule has 0 spiro atoms. The smallest absolute Gasteiger partial charge is 0.285 e. The van der Waals surface area contributed by atoms with Gasteiger partial charge in [-0.3, -0.25) is 4.79 Å². The number of rotatable bonds is 7. The SMILES string of the molecule is Cc1sc(C(=O)Nc2cn(Cc3cc(F)c(F)c(F)c3)cn2)nc1CO[Si](C)(C)C(C)(C)C. The second-order valence-electron chi connectivity index (χ2n) is 9.33. The Bertz CT molecular complexity index is 1150. The largest absolute Gasteiger partial charge is 0.411 e. The van der Waals surface area contributed by atoms with Gasteiger partial charge >= 0.3 is 0 Å². The number of carbonyl (C=O) groups is 1. The summed E-state index contributed by atoms with van der Waals surface area (Å²) in [5.74, 6) is -4.18. The highest BCUT2D eigenvalue weighted by molar-refractivity contribution is 7.13. The van der Waals surface area contributed by atoms with Crippen molar-refractivity contribution in [2.45, 2.75) is 59.0 Å². The van der Waals surface area contributed by atoms with Crippen LogP contribution in [-0.4, -0.2) is 28.8 Å². The van der Waals surface area contributed by atoms with Gasteiger partial charge in [-0.15, -0.1) is 11.3 Å². The summed E-state index contributed by atoms with van der Waals surface area (Å²) in [6, 6.07) is 1.84. The van der Waals surface area contributed by atoms with Crippen LogP contribution in [0.15, 0.2) is 24.7 Å². The fourth-order valence-electron chi connectivity index (χ4n) is 2.72. The van der Waals surface area contributed by atoms with E-state index in [1.165, 1.54) is 28.4 Å². The highest BCUT2D eigenvalue weighted by Crippen LogP contribution is 2.37. The average molecular weight is 497 g/mol. The molecule has 0 saturated carbocycles. The molecular formula is C22H27F3N4O2SSi. The summed E-state index contributed by atoms with van der Waals surface area (Å²) < 4.78 is 47.7. The monoisotopic (exact) mass is 496 g/mol. The van der Waals surface area contributed by atoms with Crippen molar-refractivity contribution in [1.82, 2.24) is 14.5 Å². The molecule has 6 nitrogen and oxygen atoms in total. The van der Waals surface area contributed by atoms with Crippen LogP contribution in [0.2, 0.25) is 18.1 Å². The number of hydrogen-bond acceptors (Lipinski definition) is 5. The minimum Gasteiger partial charge on any atom is -0.411 e. The molecule has 0 radical (unpaired) electrons. The van der Waals surface area contributed by atoms with Crippen LogP contribution in [0.3, 0.4) is 0 Å². The van der Waals surface area contributed by atoms with Crippen molar-refractivity contribution < 1.29 is 22.4 Å².